The van der Waals surface area contributed by atoms with Gasteiger partial charge in [-0.15, -0.1) is 0 Å². The van der Waals surface area contributed by atoms with Crippen molar-refractivity contribution in [2.75, 3.05) is 7.11 Å². The van der Waals surface area contributed by atoms with Crippen LogP contribution in [0.25, 0.3) is 0 Å². The fraction of sp³-hybridized carbons (Fsp3) is 0.538. The van der Waals surface area contributed by atoms with Gasteiger partial charge in [0.15, 0.2) is 0 Å². The molecule has 0 aromatic heterocycles. The molecule has 3 nitrogen and oxygen atoms in total. The Kier molecular flexibility index (Phi) is 6.55. The Morgan fingerprint density at radius 2 is 2.18 bits per heavy atom. The van der Waals surface area contributed by atoms with Crippen molar-refractivity contribution >= 4 is 15.9 Å². The molecular formula is C13H21BrN2O. The molecule has 1 aromatic carbocycles. The summed E-state index contributed by atoms with van der Waals surface area (Å²) in [5.74, 6) is 6.46. The highest BCUT2D eigenvalue weighted by Crippen LogP contribution is 2.29. The molecule has 1 atom stereocenters. The molecule has 0 bridgehead atoms. The highest BCUT2D eigenvalue weighted by Gasteiger charge is 2.11. The minimum Gasteiger partial charge on any atom is -0.496 e. The van der Waals surface area contributed by atoms with E-state index >= 15 is 0 Å². The smallest absolute Gasteiger partial charge is 0.133 e. The SMILES string of the molecule is CCCCCC(NN)c1ccc(OC)c(Br)c1. The van der Waals surface area contributed by atoms with E-state index in [9.17, 15) is 0 Å². The van der Waals surface area contributed by atoms with Crippen LogP contribution in [0, 0.1) is 0 Å². The Morgan fingerprint density at radius 3 is 2.71 bits per heavy atom. The summed E-state index contributed by atoms with van der Waals surface area (Å²) >= 11 is 3.49. The van der Waals surface area contributed by atoms with Crippen molar-refractivity contribution < 1.29 is 4.74 Å². The van der Waals surface area contributed by atoms with Gasteiger partial charge >= 0.3 is 0 Å². The zero-order valence-corrected chi connectivity index (χ0v) is 12.1. The third-order valence-corrected chi connectivity index (χ3v) is 3.50. The molecule has 96 valence electrons. The topological polar surface area (TPSA) is 47.3 Å². The molecule has 0 spiro atoms. The van der Waals surface area contributed by atoms with Gasteiger partial charge in [0.2, 0.25) is 0 Å². The molecule has 1 unspecified atom stereocenters. The van der Waals surface area contributed by atoms with Crippen molar-refractivity contribution in [1.82, 2.24) is 5.43 Å². The number of hydrogen-bond acceptors (Lipinski definition) is 3. The highest BCUT2D eigenvalue weighted by molar-refractivity contribution is 9.10. The number of benzene rings is 1. The Morgan fingerprint density at radius 1 is 1.41 bits per heavy atom. The van der Waals surface area contributed by atoms with Gasteiger partial charge in [-0.25, -0.2) is 0 Å². The van der Waals surface area contributed by atoms with Crippen LogP contribution in [-0.2, 0) is 0 Å². The van der Waals surface area contributed by atoms with Gasteiger partial charge in [-0.3, -0.25) is 11.3 Å². The zero-order chi connectivity index (χ0) is 12.7. The van der Waals surface area contributed by atoms with Gasteiger partial charge in [0, 0.05) is 6.04 Å². The highest BCUT2D eigenvalue weighted by atomic mass is 79.9. The third-order valence-electron chi connectivity index (χ3n) is 2.88. The molecule has 4 heteroatoms. The molecule has 3 N–H and O–H groups in total. The molecule has 0 aliphatic heterocycles. The fourth-order valence-corrected chi connectivity index (χ4v) is 2.40. The molecule has 1 aromatic rings. The number of ether oxygens (including phenoxy) is 1. The summed E-state index contributed by atoms with van der Waals surface area (Å²) in [5.41, 5.74) is 4.07. The van der Waals surface area contributed by atoms with E-state index in [0.717, 1.165) is 16.6 Å². The Hall–Kier alpha value is -0.580. The van der Waals surface area contributed by atoms with Gasteiger partial charge in [-0.1, -0.05) is 32.3 Å². The summed E-state index contributed by atoms with van der Waals surface area (Å²) in [6.45, 7) is 2.20. The van der Waals surface area contributed by atoms with Crippen molar-refractivity contribution in [2.24, 2.45) is 5.84 Å². The van der Waals surface area contributed by atoms with Crippen LogP contribution < -0.4 is 16.0 Å². The molecule has 0 saturated carbocycles. The summed E-state index contributed by atoms with van der Waals surface area (Å²) in [7, 11) is 1.67. The maximum atomic E-state index is 5.61. The lowest BCUT2D eigenvalue weighted by atomic mass is 10.0. The molecule has 0 aliphatic carbocycles. The molecule has 17 heavy (non-hydrogen) atoms. The Bertz CT molecular complexity index is 344. The normalized spacial score (nSPS) is 12.5. The van der Waals surface area contributed by atoms with E-state index in [0.29, 0.717) is 0 Å². The Balaban J connectivity index is 2.71. The van der Waals surface area contributed by atoms with Crippen molar-refractivity contribution in [1.29, 1.82) is 0 Å². The zero-order valence-electron chi connectivity index (χ0n) is 10.5. The van der Waals surface area contributed by atoms with Crippen LogP contribution in [0.3, 0.4) is 0 Å². The van der Waals surface area contributed by atoms with E-state index in [-0.39, 0.29) is 6.04 Å². The minimum absolute atomic E-state index is 0.212. The van der Waals surface area contributed by atoms with Gasteiger partial charge in [-0.2, -0.15) is 0 Å². The second-order valence-corrected chi connectivity index (χ2v) is 4.96. The van der Waals surface area contributed by atoms with Crippen LogP contribution in [0.2, 0.25) is 0 Å². The summed E-state index contributed by atoms with van der Waals surface area (Å²) in [6.07, 6.45) is 4.72. The molecular weight excluding hydrogens is 280 g/mol. The lowest BCUT2D eigenvalue weighted by Crippen LogP contribution is -2.28. The quantitative estimate of drug-likeness (QED) is 0.460. The average molecular weight is 301 g/mol. The standard InChI is InChI=1S/C13H21BrN2O/c1-3-4-5-6-12(16-15)10-7-8-13(17-2)11(14)9-10/h7-9,12,16H,3-6,15H2,1-2H3. The first kappa shape index (κ1) is 14.5. The molecule has 0 fully saturated rings. The fourth-order valence-electron chi connectivity index (χ4n) is 1.84. The number of methoxy groups -OCH3 is 1. The van der Waals surface area contributed by atoms with Crippen molar-refractivity contribution in [2.45, 2.75) is 38.6 Å². The summed E-state index contributed by atoms with van der Waals surface area (Å²) < 4.78 is 6.18. The predicted molar refractivity (Wildman–Crippen MR) is 74.9 cm³/mol. The molecule has 0 saturated heterocycles. The first-order valence-corrected chi connectivity index (χ1v) is 6.81. The lowest BCUT2D eigenvalue weighted by Gasteiger charge is -2.17. The van der Waals surface area contributed by atoms with Gasteiger partial charge in [-0.05, 0) is 40.0 Å². The number of halogens is 1. The first-order chi connectivity index (χ1) is 8.22. The van der Waals surface area contributed by atoms with Crippen molar-refractivity contribution in [3.63, 3.8) is 0 Å². The maximum absolute atomic E-state index is 5.61. The van der Waals surface area contributed by atoms with E-state index in [1.807, 2.05) is 6.07 Å². The van der Waals surface area contributed by atoms with Gasteiger partial charge in [0.1, 0.15) is 5.75 Å². The second-order valence-electron chi connectivity index (χ2n) is 4.11. The van der Waals surface area contributed by atoms with Crippen molar-refractivity contribution in [3.05, 3.63) is 28.2 Å². The lowest BCUT2D eigenvalue weighted by molar-refractivity contribution is 0.411. The second kappa shape index (κ2) is 7.69. The number of unbranched alkanes of at least 4 members (excludes halogenated alkanes) is 2. The number of rotatable bonds is 7. The molecule has 1 rings (SSSR count). The van der Waals surface area contributed by atoms with E-state index in [2.05, 4.69) is 40.4 Å². The monoisotopic (exact) mass is 300 g/mol. The van der Waals surface area contributed by atoms with Crippen LogP contribution in [0.1, 0.15) is 44.2 Å². The van der Waals surface area contributed by atoms with Crippen LogP contribution >= 0.6 is 15.9 Å². The molecule has 0 heterocycles. The maximum Gasteiger partial charge on any atom is 0.133 e. The first-order valence-electron chi connectivity index (χ1n) is 6.02. The summed E-state index contributed by atoms with van der Waals surface area (Å²) in [6, 6.07) is 6.29. The van der Waals surface area contributed by atoms with Crippen molar-refractivity contribution in [3.8, 4) is 5.75 Å². The molecule has 0 radical (unpaired) electrons. The number of hydrazine groups is 1. The molecule has 0 amide bonds. The van der Waals surface area contributed by atoms with Crippen LogP contribution in [-0.4, -0.2) is 7.11 Å². The van der Waals surface area contributed by atoms with Gasteiger partial charge in [0.05, 0.1) is 11.6 Å². The minimum atomic E-state index is 0.212. The summed E-state index contributed by atoms with van der Waals surface area (Å²) in [4.78, 5) is 0. The largest absolute Gasteiger partial charge is 0.496 e. The van der Waals surface area contributed by atoms with E-state index in [4.69, 9.17) is 10.6 Å². The number of nitrogens with two attached hydrogens (primary N) is 1. The van der Waals surface area contributed by atoms with E-state index < -0.39 is 0 Å². The third kappa shape index (κ3) is 4.30. The van der Waals surface area contributed by atoms with Gasteiger partial charge in [0.25, 0.3) is 0 Å². The van der Waals surface area contributed by atoms with Gasteiger partial charge < -0.3 is 4.74 Å². The summed E-state index contributed by atoms with van der Waals surface area (Å²) in [5, 5.41) is 0. The van der Waals surface area contributed by atoms with E-state index in [1.54, 1.807) is 7.11 Å². The average Bonchev–Trinajstić information content (AvgIpc) is 2.35. The Labute approximate surface area is 112 Å². The number of hydrogen-bond donors (Lipinski definition) is 2. The van der Waals surface area contributed by atoms with Crippen LogP contribution in [0.4, 0.5) is 0 Å². The van der Waals surface area contributed by atoms with E-state index in [1.165, 1.54) is 24.8 Å². The van der Waals surface area contributed by atoms with Crippen LogP contribution in [0.15, 0.2) is 22.7 Å². The van der Waals surface area contributed by atoms with Crippen LogP contribution in [0.5, 0.6) is 5.75 Å². The predicted octanol–water partition coefficient (Wildman–Crippen LogP) is 3.54. The number of nitrogens with one attached hydrogen (secondary N) is 1. The molecule has 0 aliphatic rings.